The van der Waals surface area contributed by atoms with Crippen LogP contribution in [-0.4, -0.2) is 87.0 Å². The molecule has 0 aromatic carbocycles. The number of rotatable bonds is 13. The van der Waals surface area contributed by atoms with E-state index in [1.165, 1.54) is 4.90 Å². The SMILES string of the molecule is O=C(O)CN(CCCCCC(=O)NCC(=O)N1CCCC1B(O)O)Cc1ccccn1.[C-]#[O+].[C-]#[O+].[C-]#[O+].[Re]. The van der Waals surface area contributed by atoms with Gasteiger partial charge in [0.1, 0.15) is 0 Å². The second-order valence-electron chi connectivity index (χ2n) is 7.72. The molecule has 13 nitrogen and oxygen atoms in total. The van der Waals surface area contributed by atoms with E-state index in [0.717, 1.165) is 18.5 Å². The van der Waals surface area contributed by atoms with E-state index in [1.54, 1.807) is 6.20 Å². The first-order valence-electron chi connectivity index (χ1n) is 11.2. The molecule has 1 atom stereocenters. The van der Waals surface area contributed by atoms with Crippen LogP contribution in [0.4, 0.5) is 0 Å². The molecule has 2 heterocycles. The molecule has 15 heteroatoms. The number of pyridine rings is 1. The average Bonchev–Trinajstić information content (AvgIpc) is 3.41. The number of carboxylic acid groups (broad SMARTS) is 1. The Morgan fingerprint density at radius 1 is 1.11 bits per heavy atom. The van der Waals surface area contributed by atoms with Crippen molar-refractivity contribution in [2.45, 2.75) is 51.0 Å². The van der Waals surface area contributed by atoms with E-state index in [-0.39, 0.29) is 51.7 Å². The van der Waals surface area contributed by atoms with Crippen LogP contribution in [0.3, 0.4) is 0 Å². The van der Waals surface area contributed by atoms with Crippen molar-refractivity contribution in [1.29, 1.82) is 0 Å². The first kappa shape index (κ1) is 39.9. The quantitative estimate of drug-likeness (QED) is 0.0914. The third kappa shape index (κ3) is 17.8. The fraction of sp³-hybridized carbons (Fsp3) is 0.522. The summed E-state index contributed by atoms with van der Waals surface area (Å²) in [6, 6.07) is 5.52. The zero-order valence-electron chi connectivity index (χ0n) is 20.8. The number of amides is 2. The number of carbonyl (C=O) groups excluding carboxylic acids is 2. The third-order valence-electron chi connectivity index (χ3n) is 5.25. The number of aliphatic carboxylic acids is 1. The molecule has 1 aromatic heterocycles. The average molecular weight is 705 g/mol. The minimum atomic E-state index is -1.57. The maximum Gasteiger partial charge on any atom is 0 e. The van der Waals surface area contributed by atoms with Gasteiger partial charge in [0.2, 0.25) is 11.8 Å². The van der Waals surface area contributed by atoms with Gasteiger partial charge in [0.05, 0.1) is 24.7 Å². The van der Waals surface area contributed by atoms with Crippen LogP contribution in [0.5, 0.6) is 0 Å². The number of aromatic nitrogens is 1. The summed E-state index contributed by atoms with van der Waals surface area (Å²) in [5.41, 5.74) is 0.807. The van der Waals surface area contributed by atoms with Crippen LogP contribution >= 0.6 is 0 Å². The van der Waals surface area contributed by atoms with Crippen LogP contribution in [0.2, 0.25) is 0 Å². The Bertz CT molecular complexity index is 842. The van der Waals surface area contributed by atoms with Crippen molar-refractivity contribution in [3.8, 4) is 0 Å². The zero-order valence-corrected chi connectivity index (χ0v) is 23.5. The minimum absolute atomic E-state index is 0. The number of unbranched alkanes of at least 4 members (excludes halogenated alkanes) is 2. The Kier molecular flexibility index (Phi) is 27.3. The van der Waals surface area contributed by atoms with Crippen LogP contribution in [0.25, 0.3) is 0 Å². The van der Waals surface area contributed by atoms with Gasteiger partial charge in [-0.3, -0.25) is 24.3 Å². The summed E-state index contributed by atoms with van der Waals surface area (Å²) in [5.74, 6) is -2.05. The predicted octanol–water partition coefficient (Wildman–Crippen LogP) is -0.467. The van der Waals surface area contributed by atoms with Crippen molar-refractivity contribution < 1.29 is 63.9 Å². The Hall–Kier alpha value is -2.61. The largest absolute Gasteiger partial charge is 0 e. The van der Waals surface area contributed by atoms with E-state index >= 15 is 0 Å². The molecule has 2 amide bonds. The van der Waals surface area contributed by atoms with Crippen LogP contribution < -0.4 is 5.32 Å². The van der Waals surface area contributed by atoms with Crippen molar-refractivity contribution in [3.05, 3.63) is 50.0 Å². The maximum atomic E-state index is 12.2. The van der Waals surface area contributed by atoms with Gasteiger partial charge in [-0.05, 0) is 44.4 Å². The third-order valence-corrected chi connectivity index (χ3v) is 5.25. The van der Waals surface area contributed by atoms with Gasteiger partial charge in [0, 0.05) is 46.1 Å². The maximum absolute atomic E-state index is 12.2. The molecule has 1 fully saturated rings. The monoisotopic (exact) mass is 705 g/mol. The smallest absolute Gasteiger partial charge is 0 e. The molecule has 1 unspecified atom stereocenters. The molecule has 1 aliphatic heterocycles. The first-order valence-corrected chi connectivity index (χ1v) is 11.2. The second kappa shape index (κ2) is 26.0. The second-order valence-corrected chi connectivity index (χ2v) is 7.72. The van der Waals surface area contributed by atoms with E-state index in [4.69, 9.17) is 19.1 Å². The molecule has 4 N–H and O–H groups in total. The van der Waals surface area contributed by atoms with Crippen molar-refractivity contribution in [2.75, 3.05) is 26.2 Å². The van der Waals surface area contributed by atoms with Gasteiger partial charge in [-0.1, -0.05) is 12.5 Å². The van der Waals surface area contributed by atoms with Gasteiger partial charge in [-0.2, -0.15) is 0 Å². The Morgan fingerprint density at radius 3 is 2.32 bits per heavy atom. The summed E-state index contributed by atoms with van der Waals surface area (Å²) in [6.45, 7) is 14.8. The van der Waals surface area contributed by atoms with Gasteiger partial charge >= 0.3 is 47.0 Å². The number of hydrogen-bond acceptors (Lipinski definition) is 7. The van der Waals surface area contributed by atoms with Gasteiger partial charge in [-0.25, -0.2) is 0 Å². The van der Waals surface area contributed by atoms with Gasteiger partial charge in [0.25, 0.3) is 0 Å². The topological polar surface area (TPSA) is 203 Å². The number of hydrogen-bond donors (Lipinski definition) is 4. The summed E-state index contributed by atoms with van der Waals surface area (Å²) < 4.78 is 22.5. The van der Waals surface area contributed by atoms with Gasteiger partial charge < -0.3 is 25.4 Å². The minimum Gasteiger partial charge on any atom is 0 e. The van der Waals surface area contributed by atoms with Crippen LogP contribution in [0, 0.1) is 20.0 Å². The van der Waals surface area contributed by atoms with E-state index in [0.29, 0.717) is 38.9 Å². The molecule has 1 saturated heterocycles. The summed E-state index contributed by atoms with van der Waals surface area (Å²) in [5, 5.41) is 30.3. The molecular weight excluding hydrogens is 673 g/mol. The molecular formula is C23H31BN4O9Re. The number of carbonyl (C=O) groups is 3. The molecule has 1 radical (unpaired) electrons. The predicted molar refractivity (Wildman–Crippen MR) is 125 cm³/mol. The van der Waals surface area contributed by atoms with Gasteiger partial charge in [0.15, 0.2) is 0 Å². The van der Waals surface area contributed by atoms with Crippen LogP contribution in [-0.2, 0) is 55.3 Å². The van der Waals surface area contributed by atoms with E-state index in [9.17, 15) is 24.4 Å². The molecule has 0 bridgehead atoms. The Morgan fingerprint density at radius 2 is 1.76 bits per heavy atom. The molecule has 38 heavy (non-hydrogen) atoms. The molecule has 0 spiro atoms. The molecule has 1 aliphatic rings. The zero-order chi connectivity index (χ0) is 28.6. The molecule has 1 aromatic rings. The van der Waals surface area contributed by atoms with Crippen molar-refractivity contribution in [2.24, 2.45) is 0 Å². The molecule has 207 valence electrons. The normalized spacial score (nSPS) is 13.1. The molecule has 2 rings (SSSR count). The summed E-state index contributed by atoms with van der Waals surface area (Å²) in [6.07, 6.45) is 5.33. The van der Waals surface area contributed by atoms with E-state index in [1.807, 2.05) is 23.1 Å². The molecule has 0 saturated carbocycles. The summed E-state index contributed by atoms with van der Waals surface area (Å²) in [7, 11) is -1.57. The van der Waals surface area contributed by atoms with Crippen molar-refractivity contribution in [1.82, 2.24) is 20.1 Å². The summed E-state index contributed by atoms with van der Waals surface area (Å²) in [4.78, 5) is 42.7. The first-order chi connectivity index (χ1) is 17.9. The number of carboxylic acids is 1. The fourth-order valence-corrected chi connectivity index (χ4v) is 3.70. The van der Waals surface area contributed by atoms with Gasteiger partial charge in [-0.15, -0.1) is 0 Å². The van der Waals surface area contributed by atoms with E-state index < -0.39 is 19.0 Å². The number of nitrogens with one attached hydrogen (secondary N) is 1. The van der Waals surface area contributed by atoms with E-state index in [2.05, 4.69) is 30.3 Å². The molecule has 0 aliphatic carbocycles. The number of nitrogens with zero attached hydrogens (tertiary/aromatic N) is 3. The van der Waals surface area contributed by atoms with Crippen LogP contribution in [0.1, 0.15) is 44.2 Å². The van der Waals surface area contributed by atoms with Crippen LogP contribution in [0.15, 0.2) is 24.4 Å². The number of likely N-dealkylation sites (tertiary alicyclic amines) is 1. The summed E-state index contributed by atoms with van der Waals surface area (Å²) >= 11 is 0. The van der Waals surface area contributed by atoms with Crippen molar-refractivity contribution in [3.63, 3.8) is 0 Å². The van der Waals surface area contributed by atoms with Crippen molar-refractivity contribution >= 4 is 24.9 Å². The fourth-order valence-electron chi connectivity index (χ4n) is 3.70. The Balaban J connectivity index is -0.00000163. The standard InChI is InChI=1S/C20H31BN4O6.3CO.Re/c26-18(23-13-19(27)25-12-6-8-17(25)21(30)31)9-2-1-5-11-24(15-20(28)29)14-16-7-3-4-10-22-16;3*1-2;/h3-4,7,10,17,30-31H,1-2,5-6,8-9,11-15H2,(H,23,26)(H,28,29);;;;. The Labute approximate surface area is 235 Å².